The van der Waals surface area contributed by atoms with Gasteiger partial charge in [-0.2, -0.15) is 0 Å². The van der Waals surface area contributed by atoms with Gasteiger partial charge in [0.1, 0.15) is 6.61 Å². The Labute approximate surface area is 106 Å². The maximum atomic E-state index is 11.7. The summed E-state index contributed by atoms with van der Waals surface area (Å²) in [5.41, 5.74) is 1.43. The van der Waals surface area contributed by atoms with Crippen molar-refractivity contribution < 1.29 is 9.53 Å². The molecule has 1 saturated heterocycles. The molecule has 0 radical (unpaired) electrons. The molecule has 6 heteroatoms. The van der Waals surface area contributed by atoms with Gasteiger partial charge in [0.2, 0.25) is 5.95 Å². The molecule has 2 N–H and O–H groups in total. The minimum absolute atomic E-state index is 0.0224. The molecule has 0 spiro atoms. The van der Waals surface area contributed by atoms with E-state index in [1.54, 1.807) is 0 Å². The molecule has 98 valence electrons. The zero-order valence-electron chi connectivity index (χ0n) is 10.9. The Bertz CT molecular complexity index is 437. The molecule has 6 nitrogen and oxygen atoms in total. The van der Waals surface area contributed by atoms with Crippen LogP contribution in [0.15, 0.2) is 6.07 Å². The lowest BCUT2D eigenvalue weighted by molar-refractivity contribution is -0.130. The summed E-state index contributed by atoms with van der Waals surface area (Å²) in [4.78, 5) is 20.0. The summed E-state index contributed by atoms with van der Waals surface area (Å²) in [6.07, 6.45) is 0. The minimum Gasteiger partial charge on any atom is -0.363 e. The third kappa shape index (κ3) is 3.24. The van der Waals surface area contributed by atoms with Crippen molar-refractivity contribution in [3.05, 3.63) is 17.5 Å². The van der Waals surface area contributed by atoms with Crippen LogP contribution in [0.25, 0.3) is 0 Å². The minimum atomic E-state index is -0.229. The first kappa shape index (κ1) is 12.9. The zero-order valence-corrected chi connectivity index (χ0v) is 10.9. The molecule has 0 aliphatic carbocycles. The van der Waals surface area contributed by atoms with Gasteiger partial charge in [-0.05, 0) is 26.8 Å². The van der Waals surface area contributed by atoms with Crippen molar-refractivity contribution in [1.82, 2.24) is 15.3 Å². The Morgan fingerprint density at radius 1 is 1.44 bits per heavy atom. The van der Waals surface area contributed by atoms with Crippen molar-refractivity contribution in [2.45, 2.75) is 26.4 Å². The fourth-order valence-electron chi connectivity index (χ4n) is 1.76. The second-order valence-corrected chi connectivity index (χ2v) is 4.86. The van der Waals surface area contributed by atoms with E-state index >= 15 is 0 Å². The molecular weight excluding hydrogens is 232 g/mol. The van der Waals surface area contributed by atoms with Gasteiger partial charge in [0.05, 0.1) is 5.60 Å². The van der Waals surface area contributed by atoms with Gasteiger partial charge in [-0.1, -0.05) is 0 Å². The molecule has 2 rings (SSSR count). The third-order valence-corrected chi connectivity index (χ3v) is 2.78. The van der Waals surface area contributed by atoms with Crippen LogP contribution in [0.2, 0.25) is 0 Å². The maximum absolute atomic E-state index is 11.7. The monoisotopic (exact) mass is 250 g/mol. The molecule has 1 aliphatic heterocycles. The van der Waals surface area contributed by atoms with Crippen LogP contribution >= 0.6 is 0 Å². The molecule has 1 aliphatic rings. The number of rotatable bonds is 4. The van der Waals surface area contributed by atoms with E-state index in [-0.39, 0.29) is 18.1 Å². The van der Waals surface area contributed by atoms with E-state index in [1.165, 1.54) is 0 Å². The number of carbonyl (C=O) groups is 1. The number of nitrogens with one attached hydrogen (secondary N) is 2. The van der Waals surface area contributed by atoms with Crippen molar-refractivity contribution in [3.8, 4) is 0 Å². The number of aromatic nitrogens is 2. The highest BCUT2D eigenvalue weighted by molar-refractivity contribution is 5.90. The van der Waals surface area contributed by atoms with Crippen molar-refractivity contribution in [1.29, 1.82) is 0 Å². The van der Waals surface area contributed by atoms with Gasteiger partial charge in [0, 0.05) is 24.5 Å². The Morgan fingerprint density at radius 2 is 2.06 bits per heavy atom. The summed E-state index contributed by atoms with van der Waals surface area (Å²) >= 11 is 0. The topological polar surface area (TPSA) is 76.1 Å². The first-order chi connectivity index (χ1) is 8.47. The number of nitrogens with zero attached hydrogens (tertiary/aromatic N) is 2. The number of hydrogen-bond acceptors (Lipinski definition) is 5. The van der Waals surface area contributed by atoms with Crippen LogP contribution in [0, 0.1) is 13.8 Å². The lowest BCUT2D eigenvalue weighted by atomic mass is 10.0. The molecule has 0 atom stereocenters. The standard InChI is InChI=1S/C12H18N4O2/c1-8-4-9(2)15-11(14-8)16-10(17)5-18-12(3)6-13-7-12/h4,13H,5-7H2,1-3H3,(H,14,15,16,17). The van der Waals surface area contributed by atoms with E-state index < -0.39 is 0 Å². The van der Waals surface area contributed by atoms with Gasteiger partial charge in [0.15, 0.2) is 0 Å². The highest BCUT2D eigenvalue weighted by Gasteiger charge is 2.33. The molecule has 18 heavy (non-hydrogen) atoms. The van der Waals surface area contributed by atoms with Crippen molar-refractivity contribution in [2.75, 3.05) is 25.0 Å². The van der Waals surface area contributed by atoms with Crippen LogP contribution in [0.4, 0.5) is 5.95 Å². The summed E-state index contributed by atoms with van der Waals surface area (Å²) in [5.74, 6) is 0.103. The SMILES string of the molecule is Cc1cc(C)nc(NC(=O)COC2(C)CNC2)n1. The number of anilines is 1. The lowest BCUT2D eigenvalue weighted by Crippen LogP contribution is -2.59. The molecular formula is C12H18N4O2. The predicted octanol–water partition coefficient (Wildman–Crippen LogP) is 0.410. The highest BCUT2D eigenvalue weighted by atomic mass is 16.5. The molecule has 0 bridgehead atoms. The second kappa shape index (κ2) is 4.99. The summed E-state index contributed by atoms with van der Waals surface area (Å²) in [5, 5.41) is 5.75. The van der Waals surface area contributed by atoms with E-state index in [4.69, 9.17) is 4.74 Å². The van der Waals surface area contributed by atoms with Crippen LogP contribution in [0.1, 0.15) is 18.3 Å². The van der Waals surface area contributed by atoms with Crippen molar-refractivity contribution in [2.24, 2.45) is 0 Å². The normalized spacial score (nSPS) is 17.1. The van der Waals surface area contributed by atoms with Crippen LogP contribution in [-0.2, 0) is 9.53 Å². The van der Waals surface area contributed by atoms with Gasteiger partial charge in [-0.3, -0.25) is 10.1 Å². The molecule has 0 saturated carbocycles. The Balaban J connectivity index is 1.86. The van der Waals surface area contributed by atoms with Gasteiger partial charge in [-0.25, -0.2) is 9.97 Å². The fraction of sp³-hybridized carbons (Fsp3) is 0.583. The molecule has 2 heterocycles. The number of amides is 1. The van der Waals surface area contributed by atoms with E-state index in [0.29, 0.717) is 5.95 Å². The zero-order chi connectivity index (χ0) is 13.2. The molecule has 0 aromatic carbocycles. The number of aryl methyl sites for hydroxylation is 2. The van der Waals surface area contributed by atoms with Crippen molar-refractivity contribution in [3.63, 3.8) is 0 Å². The van der Waals surface area contributed by atoms with Crippen LogP contribution in [0.5, 0.6) is 0 Å². The van der Waals surface area contributed by atoms with Gasteiger partial charge in [0.25, 0.3) is 5.91 Å². The van der Waals surface area contributed by atoms with Crippen LogP contribution in [-0.4, -0.2) is 41.2 Å². The summed E-state index contributed by atoms with van der Waals surface area (Å²) in [6.45, 7) is 7.28. The Kier molecular flexibility index (Phi) is 3.58. The van der Waals surface area contributed by atoms with E-state index in [1.807, 2.05) is 26.8 Å². The van der Waals surface area contributed by atoms with Crippen LogP contribution < -0.4 is 10.6 Å². The third-order valence-electron chi connectivity index (χ3n) is 2.78. The van der Waals surface area contributed by atoms with E-state index in [0.717, 1.165) is 24.5 Å². The summed E-state index contributed by atoms with van der Waals surface area (Å²) in [7, 11) is 0. The highest BCUT2D eigenvalue weighted by Crippen LogP contribution is 2.14. The first-order valence-electron chi connectivity index (χ1n) is 5.94. The van der Waals surface area contributed by atoms with Gasteiger partial charge >= 0.3 is 0 Å². The van der Waals surface area contributed by atoms with E-state index in [2.05, 4.69) is 20.6 Å². The average molecular weight is 250 g/mol. The Morgan fingerprint density at radius 3 is 2.56 bits per heavy atom. The smallest absolute Gasteiger partial charge is 0.252 e. The van der Waals surface area contributed by atoms with Crippen LogP contribution in [0.3, 0.4) is 0 Å². The maximum Gasteiger partial charge on any atom is 0.252 e. The number of carbonyl (C=O) groups excluding carboxylic acids is 1. The first-order valence-corrected chi connectivity index (χ1v) is 5.94. The average Bonchev–Trinajstić information content (AvgIpc) is 2.22. The van der Waals surface area contributed by atoms with E-state index in [9.17, 15) is 4.79 Å². The molecule has 1 amide bonds. The Hall–Kier alpha value is -1.53. The molecule has 1 aromatic heterocycles. The largest absolute Gasteiger partial charge is 0.363 e. The molecule has 0 unspecified atom stereocenters. The van der Waals surface area contributed by atoms with Gasteiger partial charge < -0.3 is 10.1 Å². The fourth-order valence-corrected chi connectivity index (χ4v) is 1.76. The number of ether oxygens (including phenoxy) is 1. The van der Waals surface area contributed by atoms with Crippen molar-refractivity contribution >= 4 is 11.9 Å². The second-order valence-electron chi connectivity index (χ2n) is 4.86. The summed E-state index contributed by atoms with van der Waals surface area (Å²) in [6, 6.07) is 1.85. The molecule has 1 aromatic rings. The summed E-state index contributed by atoms with van der Waals surface area (Å²) < 4.78 is 5.53. The lowest BCUT2D eigenvalue weighted by Gasteiger charge is -2.38. The quantitative estimate of drug-likeness (QED) is 0.809. The van der Waals surface area contributed by atoms with Gasteiger partial charge in [-0.15, -0.1) is 0 Å². The predicted molar refractivity (Wildman–Crippen MR) is 67.4 cm³/mol. The molecule has 1 fully saturated rings. The number of hydrogen-bond donors (Lipinski definition) is 2.